The normalized spacial score (nSPS) is 10.9. The summed E-state index contributed by atoms with van der Waals surface area (Å²) in [7, 11) is 0. The zero-order valence-corrected chi connectivity index (χ0v) is 15.3. The molecule has 0 atom stereocenters. The first-order valence-electron chi connectivity index (χ1n) is 8.32. The highest BCUT2D eigenvalue weighted by atomic mass is 35.5. The molecule has 4 heteroatoms. The lowest BCUT2D eigenvalue weighted by Crippen LogP contribution is -2.30. The highest BCUT2D eigenvalue weighted by molar-refractivity contribution is 6.30. The molecule has 3 rings (SSSR count). The summed E-state index contributed by atoms with van der Waals surface area (Å²) in [5.41, 5.74) is 4.60. The molecule has 1 amide bonds. The van der Waals surface area contributed by atoms with Crippen LogP contribution in [-0.4, -0.2) is 16.5 Å². The monoisotopic (exact) mass is 352 g/mol. The van der Waals surface area contributed by atoms with Crippen molar-refractivity contribution in [3.05, 3.63) is 76.9 Å². The molecule has 0 aliphatic carbocycles. The van der Waals surface area contributed by atoms with Crippen LogP contribution in [0.25, 0.3) is 16.9 Å². The topological polar surface area (TPSA) is 34.0 Å². The SMILES string of the molecule is Cc1c(C(=O)NC(C)C)cc(-c2ccc(Cl)cc2)n1-c1ccccc1. The van der Waals surface area contributed by atoms with Crippen LogP contribution in [0.4, 0.5) is 0 Å². The summed E-state index contributed by atoms with van der Waals surface area (Å²) >= 11 is 6.03. The van der Waals surface area contributed by atoms with Crippen molar-refractivity contribution in [3.8, 4) is 16.9 Å². The Labute approximate surface area is 153 Å². The van der Waals surface area contributed by atoms with Gasteiger partial charge in [-0.05, 0) is 56.7 Å². The predicted molar refractivity (Wildman–Crippen MR) is 104 cm³/mol. The van der Waals surface area contributed by atoms with Gasteiger partial charge < -0.3 is 9.88 Å². The smallest absolute Gasteiger partial charge is 0.253 e. The van der Waals surface area contributed by atoms with E-state index in [1.54, 1.807) is 0 Å². The molecule has 0 aliphatic heterocycles. The average Bonchev–Trinajstić information content (AvgIpc) is 2.93. The van der Waals surface area contributed by atoms with E-state index in [-0.39, 0.29) is 11.9 Å². The molecule has 0 spiro atoms. The zero-order chi connectivity index (χ0) is 18.0. The number of hydrogen-bond acceptors (Lipinski definition) is 1. The van der Waals surface area contributed by atoms with Crippen LogP contribution in [0.15, 0.2) is 60.7 Å². The van der Waals surface area contributed by atoms with Crippen molar-refractivity contribution in [2.24, 2.45) is 0 Å². The maximum atomic E-state index is 12.6. The second kappa shape index (κ2) is 7.16. The third kappa shape index (κ3) is 3.62. The summed E-state index contributed by atoms with van der Waals surface area (Å²) in [5.74, 6) is -0.0580. The van der Waals surface area contributed by atoms with Gasteiger partial charge in [-0.25, -0.2) is 0 Å². The molecular weight excluding hydrogens is 332 g/mol. The van der Waals surface area contributed by atoms with Crippen molar-refractivity contribution in [2.45, 2.75) is 26.8 Å². The molecular formula is C21H21ClN2O. The average molecular weight is 353 g/mol. The van der Waals surface area contributed by atoms with Crippen LogP contribution in [0.2, 0.25) is 5.02 Å². The van der Waals surface area contributed by atoms with Crippen LogP contribution in [0.1, 0.15) is 29.9 Å². The first-order valence-corrected chi connectivity index (χ1v) is 8.69. The Morgan fingerprint density at radius 1 is 1.04 bits per heavy atom. The van der Waals surface area contributed by atoms with Crippen molar-refractivity contribution in [1.29, 1.82) is 0 Å². The lowest BCUT2D eigenvalue weighted by molar-refractivity contribution is 0.0942. The standard InChI is InChI=1S/C21H21ClN2O/c1-14(2)23-21(25)19-13-20(16-9-11-17(22)12-10-16)24(15(19)3)18-7-5-4-6-8-18/h4-14H,1-3H3,(H,23,25). The lowest BCUT2D eigenvalue weighted by Gasteiger charge is -2.13. The van der Waals surface area contributed by atoms with Gasteiger partial charge in [0.25, 0.3) is 5.91 Å². The molecule has 0 bridgehead atoms. The number of halogens is 1. The molecule has 1 aromatic heterocycles. The predicted octanol–water partition coefficient (Wildman–Crippen LogP) is 5.24. The first kappa shape index (κ1) is 17.3. The molecule has 2 aromatic carbocycles. The summed E-state index contributed by atoms with van der Waals surface area (Å²) in [6, 6.07) is 19.8. The van der Waals surface area contributed by atoms with Gasteiger partial charge in [0.15, 0.2) is 0 Å². The summed E-state index contributed by atoms with van der Waals surface area (Å²) in [5, 5.41) is 3.67. The third-order valence-electron chi connectivity index (χ3n) is 4.07. The summed E-state index contributed by atoms with van der Waals surface area (Å²) in [6.45, 7) is 5.89. The second-order valence-electron chi connectivity index (χ2n) is 6.33. The van der Waals surface area contributed by atoms with Gasteiger partial charge in [0.1, 0.15) is 0 Å². The Hall–Kier alpha value is -2.52. The van der Waals surface area contributed by atoms with Crippen molar-refractivity contribution in [3.63, 3.8) is 0 Å². The van der Waals surface area contributed by atoms with E-state index in [1.165, 1.54) is 0 Å². The number of aromatic nitrogens is 1. The lowest BCUT2D eigenvalue weighted by atomic mass is 10.1. The molecule has 0 unspecified atom stereocenters. The molecule has 25 heavy (non-hydrogen) atoms. The number of para-hydroxylation sites is 1. The van der Waals surface area contributed by atoms with Crippen LogP contribution in [-0.2, 0) is 0 Å². The number of nitrogens with zero attached hydrogens (tertiary/aromatic N) is 1. The molecule has 1 N–H and O–H groups in total. The van der Waals surface area contributed by atoms with Gasteiger partial charge in [-0.15, -0.1) is 0 Å². The van der Waals surface area contributed by atoms with Crippen LogP contribution < -0.4 is 5.32 Å². The highest BCUT2D eigenvalue weighted by Crippen LogP contribution is 2.30. The van der Waals surface area contributed by atoms with Gasteiger partial charge in [0.05, 0.1) is 11.3 Å². The van der Waals surface area contributed by atoms with Crippen LogP contribution >= 0.6 is 11.6 Å². The van der Waals surface area contributed by atoms with Crippen LogP contribution in [0.5, 0.6) is 0 Å². The maximum absolute atomic E-state index is 12.6. The third-order valence-corrected chi connectivity index (χ3v) is 4.32. The van der Waals surface area contributed by atoms with E-state index in [4.69, 9.17) is 11.6 Å². The Bertz CT molecular complexity index is 880. The highest BCUT2D eigenvalue weighted by Gasteiger charge is 2.19. The largest absolute Gasteiger partial charge is 0.350 e. The van der Waals surface area contributed by atoms with Gasteiger partial charge in [-0.1, -0.05) is 41.9 Å². The zero-order valence-electron chi connectivity index (χ0n) is 14.6. The van der Waals surface area contributed by atoms with E-state index < -0.39 is 0 Å². The fourth-order valence-electron chi connectivity index (χ4n) is 2.92. The minimum Gasteiger partial charge on any atom is -0.350 e. The molecule has 3 nitrogen and oxygen atoms in total. The van der Waals surface area contributed by atoms with E-state index in [0.717, 1.165) is 22.6 Å². The van der Waals surface area contributed by atoms with E-state index in [9.17, 15) is 4.79 Å². The van der Waals surface area contributed by atoms with Gasteiger partial charge in [0, 0.05) is 22.4 Å². The fourth-order valence-corrected chi connectivity index (χ4v) is 3.05. The summed E-state index contributed by atoms with van der Waals surface area (Å²) in [6.07, 6.45) is 0. The van der Waals surface area contributed by atoms with E-state index in [2.05, 4.69) is 9.88 Å². The van der Waals surface area contributed by atoms with Gasteiger partial charge in [-0.3, -0.25) is 4.79 Å². The Balaban J connectivity index is 2.18. The van der Waals surface area contributed by atoms with Crippen LogP contribution in [0.3, 0.4) is 0 Å². The molecule has 0 aliphatic rings. The minimum atomic E-state index is -0.0580. The second-order valence-corrected chi connectivity index (χ2v) is 6.77. The number of carbonyl (C=O) groups is 1. The summed E-state index contributed by atoms with van der Waals surface area (Å²) < 4.78 is 2.11. The summed E-state index contributed by atoms with van der Waals surface area (Å²) in [4.78, 5) is 12.6. The van der Waals surface area contributed by atoms with Crippen molar-refractivity contribution < 1.29 is 4.79 Å². The fraction of sp³-hybridized carbons (Fsp3) is 0.190. The number of benzene rings is 2. The van der Waals surface area contributed by atoms with Crippen LogP contribution in [0, 0.1) is 6.92 Å². The number of hydrogen-bond donors (Lipinski definition) is 1. The number of amides is 1. The molecule has 3 aromatic rings. The molecule has 0 saturated carbocycles. The Morgan fingerprint density at radius 2 is 1.68 bits per heavy atom. The maximum Gasteiger partial charge on any atom is 0.253 e. The van der Waals surface area contributed by atoms with Crippen molar-refractivity contribution in [1.82, 2.24) is 9.88 Å². The first-order chi connectivity index (χ1) is 12.0. The molecule has 0 radical (unpaired) electrons. The number of carbonyl (C=O) groups excluding carboxylic acids is 1. The molecule has 0 fully saturated rings. The Morgan fingerprint density at radius 3 is 2.28 bits per heavy atom. The molecule has 1 heterocycles. The van der Waals surface area contributed by atoms with Gasteiger partial charge >= 0.3 is 0 Å². The quantitative estimate of drug-likeness (QED) is 0.684. The van der Waals surface area contributed by atoms with Crippen molar-refractivity contribution in [2.75, 3.05) is 0 Å². The van der Waals surface area contributed by atoms with Crippen molar-refractivity contribution >= 4 is 17.5 Å². The number of nitrogens with one attached hydrogen (secondary N) is 1. The van der Waals surface area contributed by atoms with E-state index in [1.807, 2.05) is 81.4 Å². The number of rotatable bonds is 4. The van der Waals surface area contributed by atoms with E-state index >= 15 is 0 Å². The van der Waals surface area contributed by atoms with Gasteiger partial charge in [0.2, 0.25) is 0 Å². The molecule has 0 saturated heterocycles. The minimum absolute atomic E-state index is 0.0580. The Kier molecular flexibility index (Phi) is 4.95. The van der Waals surface area contributed by atoms with E-state index in [0.29, 0.717) is 10.6 Å². The van der Waals surface area contributed by atoms with Gasteiger partial charge in [-0.2, -0.15) is 0 Å². The molecule has 128 valence electrons.